The Hall–Kier alpha value is -3.20. The number of urea groups is 1. The fourth-order valence-electron chi connectivity index (χ4n) is 4.44. The van der Waals surface area contributed by atoms with E-state index in [-0.39, 0.29) is 29.0 Å². The van der Waals surface area contributed by atoms with Gasteiger partial charge in [0.05, 0.1) is 13.0 Å². The number of aromatic nitrogens is 1. The van der Waals surface area contributed by atoms with Gasteiger partial charge in [-0.3, -0.25) is 9.59 Å². The van der Waals surface area contributed by atoms with Gasteiger partial charge in [-0.05, 0) is 42.7 Å². The van der Waals surface area contributed by atoms with Crippen molar-refractivity contribution in [3.8, 4) is 0 Å². The molecule has 4 rings (SSSR count). The van der Waals surface area contributed by atoms with Gasteiger partial charge in [-0.15, -0.1) is 0 Å². The normalized spacial score (nSPS) is 19.5. The number of carbonyl (C=O) groups is 2. The standard InChI is InChI=1S/C22H25FN4O4/c1-31-8-7-20(28)26-11-14-9-15(13-26)19-6-5-18(21(29)27(19)12-14)25-22(30)24-17-4-2-3-16(23)10-17/h2-6,10,14-15H,7-9,11-13H2,1H3,(H2,24,25,30). The molecule has 2 unspecified atom stereocenters. The summed E-state index contributed by atoms with van der Waals surface area (Å²) in [5, 5.41) is 5.08. The predicted octanol–water partition coefficient (Wildman–Crippen LogP) is 2.61. The second kappa shape index (κ2) is 8.89. The van der Waals surface area contributed by atoms with Gasteiger partial charge in [0.1, 0.15) is 11.5 Å². The Bertz CT molecular complexity index is 1050. The highest BCUT2D eigenvalue weighted by atomic mass is 19.1. The van der Waals surface area contributed by atoms with E-state index in [0.29, 0.717) is 38.3 Å². The van der Waals surface area contributed by atoms with Crippen molar-refractivity contribution < 1.29 is 18.7 Å². The van der Waals surface area contributed by atoms with Gasteiger partial charge in [0.25, 0.3) is 5.56 Å². The van der Waals surface area contributed by atoms with E-state index in [0.717, 1.165) is 12.1 Å². The van der Waals surface area contributed by atoms with Crippen LogP contribution in [-0.4, -0.2) is 48.2 Å². The topological polar surface area (TPSA) is 92.7 Å². The zero-order valence-electron chi connectivity index (χ0n) is 17.3. The minimum absolute atomic E-state index is 0.0691. The smallest absolute Gasteiger partial charge is 0.323 e. The summed E-state index contributed by atoms with van der Waals surface area (Å²) in [6.45, 7) is 2.08. The van der Waals surface area contributed by atoms with Gasteiger partial charge in [0.15, 0.2) is 0 Å². The number of methoxy groups -OCH3 is 1. The number of hydrogen-bond donors (Lipinski definition) is 2. The molecule has 2 atom stereocenters. The fraction of sp³-hybridized carbons (Fsp3) is 0.409. The minimum atomic E-state index is -0.617. The fourth-order valence-corrected chi connectivity index (χ4v) is 4.44. The zero-order valence-corrected chi connectivity index (χ0v) is 17.3. The summed E-state index contributed by atoms with van der Waals surface area (Å²) in [7, 11) is 1.57. The molecule has 2 aliphatic heterocycles. The molecule has 1 aromatic heterocycles. The average Bonchev–Trinajstić information content (AvgIpc) is 2.74. The molecule has 2 N–H and O–H groups in total. The number of rotatable bonds is 5. The van der Waals surface area contributed by atoms with Crippen LogP contribution in [0.15, 0.2) is 41.2 Å². The first-order chi connectivity index (χ1) is 14.9. The van der Waals surface area contributed by atoms with Crippen LogP contribution < -0.4 is 16.2 Å². The van der Waals surface area contributed by atoms with Gasteiger partial charge in [-0.1, -0.05) is 6.07 Å². The Morgan fingerprint density at radius 1 is 1.16 bits per heavy atom. The summed E-state index contributed by atoms with van der Waals surface area (Å²) < 4.78 is 20.0. The second-order valence-corrected chi connectivity index (χ2v) is 8.02. The SMILES string of the molecule is COCCC(=O)N1CC2CC(C1)c1ccc(NC(=O)Nc3cccc(F)c3)c(=O)n1C2. The minimum Gasteiger partial charge on any atom is -0.384 e. The van der Waals surface area contributed by atoms with Gasteiger partial charge < -0.3 is 24.8 Å². The van der Waals surface area contributed by atoms with E-state index in [1.807, 2.05) is 11.0 Å². The molecular formula is C22H25FN4O4. The van der Waals surface area contributed by atoms with Crippen molar-refractivity contribution in [2.24, 2.45) is 5.92 Å². The molecule has 31 heavy (non-hydrogen) atoms. The third kappa shape index (κ3) is 4.61. The molecule has 2 bridgehead atoms. The summed E-state index contributed by atoms with van der Waals surface area (Å²) in [4.78, 5) is 39.6. The number of amides is 3. The molecule has 0 spiro atoms. The Labute approximate surface area is 179 Å². The van der Waals surface area contributed by atoms with E-state index in [4.69, 9.17) is 4.74 Å². The van der Waals surface area contributed by atoms with Crippen molar-refractivity contribution in [2.45, 2.75) is 25.3 Å². The number of piperidine rings is 1. The summed E-state index contributed by atoms with van der Waals surface area (Å²) >= 11 is 0. The Kier molecular flexibility index (Phi) is 6.03. The lowest BCUT2D eigenvalue weighted by atomic mass is 9.83. The molecule has 2 aromatic rings. The third-order valence-electron chi connectivity index (χ3n) is 5.81. The van der Waals surface area contributed by atoms with Crippen LogP contribution in [0.5, 0.6) is 0 Å². The summed E-state index contributed by atoms with van der Waals surface area (Å²) in [5.41, 5.74) is 1.05. The molecule has 2 aliphatic rings. The summed E-state index contributed by atoms with van der Waals surface area (Å²) in [6, 6.07) is 8.33. The van der Waals surface area contributed by atoms with E-state index in [9.17, 15) is 18.8 Å². The van der Waals surface area contributed by atoms with Gasteiger partial charge >= 0.3 is 6.03 Å². The monoisotopic (exact) mass is 428 g/mol. The van der Waals surface area contributed by atoms with Crippen LogP contribution in [0.3, 0.4) is 0 Å². The van der Waals surface area contributed by atoms with Crippen molar-refractivity contribution >= 4 is 23.3 Å². The van der Waals surface area contributed by atoms with Gasteiger partial charge in [0.2, 0.25) is 5.91 Å². The number of anilines is 2. The predicted molar refractivity (Wildman–Crippen MR) is 114 cm³/mol. The van der Waals surface area contributed by atoms with E-state index in [1.165, 1.54) is 18.2 Å². The summed E-state index contributed by atoms with van der Waals surface area (Å²) in [6.07, 6.45) is 1.28. The van der Waals surface area contributed by atoms with Crippen LogP contribution in [0, 0.1) is 11.7 Å². The van der Waals surface area contributed by atoms with E-state index < -0.39 is 11.8 Å². The summed E-state index contributed by atoms with van der Waals surface area (Å²) in [5.74, 6) is -0.124. The molecule has 1 aromatic carbocycles. The maximum Gasteiger partial charge on any atom is 0.323 e. The zero-order chi connectivity index (χ0) is 22.0. The van der Waals surface area contributed by atoms with Crippen LogP contribution in [0.1, 0.15) is 24.5 Å². The Morgan fingerprint density at radius 2 is 2.00 bits per heavy atom. The molecule has 0 saturated carbocycles. The quantitative estimate of drug-likeness (QED) is 0.766. The van der Waals surface area contributed by atoms with Gasteiger partial charge in [-0.25, -0.2) is 9.18 Å². The number of likely N-dealkylation sites (tertiary alicyclic amines) is 1. The number of ether oxygens (including phenoxy) is 1. The number of nitrogens with zero attached hydrogens (tertiary/aromatic N) is 2. The second-order valence-electron chi connectivity index (χ2n) is 8.02. The van der Waals surface area contributed by atoms with Crippen molar-refractivity contribution in [3.05, 3.63) is 58.3 Å². The van der Waals surface area contributed by atoms with Crippen LogP contribution in [0.25, 0.3) is 0 Å². The first-order valence-electron chi connectivity index (χ1n) is 10.3. The average molecular weight is 428 g/mol. The third-order valence-corrected chi connectivity index (χ3v) is 5.81. The number of nitrogens with one attached hydrogen (secondary N) is 2. The molecule has 0 aliphatic carbocycles. The van der Waals surface area contributed by atoms with Gasteiger partial charge in [-0.2, -0.15) is 0 Å². The highest BCUT2D eigenvalue weighted by Crippen LogP contribution is 2.35. The van der Waals surface area contributed by atoms with E-state index >= 15 is 0 Å². The maximum atomic E-state index is 13.3. The number of pyridine rings is 1. The van der Waals surface area contributed by atoms with Gasteiger partial charge in [0, 0.05) is 44.0 Å². The highest BCUT2D eigenvalue weighted by Gasteiger charge is 2.36. The Morgan fingerprint density at radius 3 is 2.77 bits per heavy atom. The number of hydrogen-bond acceptors (Lipinski definition) is 4. The van der Waals surface area contributed by atoms with Crippen LogP contribution >= 0.6 is 0 Å². The van der Waals surface area contributed by atoms with Crippen molar-refractivity contribution in [1.29, 1.82) is 0 Å². The van der Waals surface area contributed by atoms with Crippen LogP contribution in [-0.2, 0) is 16.1 Å². The molecule has 3 heterocycles. The first kappa shape index (κ1) is 21.0. The molecule has 3 amide bonds. The largest absolute Gasteiger partial charge is 0.384 e. The number of fused-ring (bicyclic) bond motifs is 4. The molecule has 8 nitrogen and oxygen atoms in total. The highest BCUT2D eigenvalue weighted by molar-refractivity contribution is 5.99. The number of halogens is 1. The molecule has 9 heteroatoms. The first-order valence-corrected chi connectivity index (χ1v) is 10.3. The molecule has 1 saturated heterocycles. The van der Waals surface area contributed by atoms with Crippen molar-refractivity contribution in [2.75, 3.05) is 37.4 Å². The van der Waals surface area contributed by atoms with Crippen molar-refractivity contribution in [3.63, 3.8) is 0 Å². The lowest BCUT2D eigenvalue weighted by Crippen LogP contribution is -2.49. The van der Waals surface area contributed by atoms with Crippen LogP contribution in [0.2, 0.25) is 0 Å². The molecule has 1 fully saturated rings. The Balaban J connectivity index is 1.48. The van der Waals surface area contributed by atoms with Crippen molar-refractivity contribution in [1.82, 2.24) is 9.47 Å². The van der Waals surface area contributed by atoms with Crippen LogP contribution in [0.4, 0.5) is 20.6 Å². The van der Waals surface area contributed by atoms with E-state index in [2.05, 4.69) is 10.6 Å². The molecule has 164 valence electrons. The lowest BCUT2D eigenvalue weighted by molar-refractivity contribution is -0.134. The number of benzene rings is 1. The maximum absolute atomic E-state index is 13.3. The number of carbonyl (C=O) groups excluding carboxylic acids is 2. The lowest BCUT2D eigenvalue weighted by Gasteiger charge is -2.43. The molecular weight excluding hydrogens is 403 g/mol. The van der Waals surface area contributed by atoms with E-state index in [1.54, 1.807) is 23.8 Å². The molecule has 0 radical (unpaired) electrons.